The average molecular weight is 225 g/mol. The molecule has 6 heteroatoms. The molecular formula is C8H17ClN2O3. The van der Waals surface area contributed by atoms with Crippen LogP contribution in [0.15, 0.2) is 0 Å². The predicted molar refractivity (Wildman–Crippen MR) is 54.5 cm³/mol. The van der Waals surface area contributed by atoms with E-state index in [2.05, 4.69) is 5.32 Å². The molecule has 3 unspecified atom stereocenters. The van der Waals surface area contributed by atoms with E-state index in [-0.39, 0.29) is 24.7 Å². The first-order chi connectivity index (χ1) is 6.11. The standard InChI is InChI=1S/C8H16N2O3.ClH/c9-6(8(12)13)3-7(11)5-1-2-10-4-5;/h5-7,10-11H,1-4,9H2,(H,12,13);1H. The SMILES string of the molecule is Cl.NC(CC(O)C1CCNC1)C(=O)O. The molecular weight excluding hydrogens is 208 g/mol. The summed E-state index contributed by atoms with van der Waals surface area (Å²) in [6, 6.07) is -0.949. The van der Waals surface area contributed by atoms with Gasteiger partial charge in [-0.15, -0.1) is 12.4 Å². The third kappa shape index (κ3) is 3.79. The number of hydrogen-bond acceptors (Lipinski definition) is 4. The maximum atomic E-state index is 10.4. The van der Waals surface area contributed by atoms with Crippen LogP contribution in [0.1, 0.15) is 12.8 Å². The molecule has 1 aliphatic heterocycles. The summed E-state index contributed by atoms with van der Waals surface area (Å²) in [7, 11) is 0. The highest BCUT2D eigenvalue weighted by Crippen LogP contribution is 2.16. The Morgan fingerprint density at radius 1 is 1.64 bits per heavy atom. The Hall–Kier alpha value is -0.360. The fourth-order valence-electron chi connectivity index (χ4n) is 1.56. The van der Waals surface area contributed by atoms with E-state index in [1.165, 1.54) is 0 Å². The highest BCUT2D eigenvalue weighted by molar-refractivity contribution is 5.85. The van der Waals surface area contributed by atoms with Crippen LogP contribution in [0.25, 0.3) is 0 Å². The second-order valence-electron chi connectivity index (χ2n) is 3.50. The van der Waals surface area contributed by atoms with Crippen LogP contribution in [0.4, 0.5) is 0 Å². The van der Waals surface area contributed by atoms with Crippen molar-refractivity contribution in [1.29, 1.82) is 0 Å². The van der Waals surface area contributed by atoms with Crippen molar-refractivity contribution in [2.45, 2.75) is 25.0 Å². The molecule has 0 aliphatic carbocycles. The van der Waals surface area contributed by atoms with Crippen molar-refractivity contribution in [3.05, 3.63) is 0 Å². The number of halogens is 1. The number of hydrogen-bond donors (Lipinski definition) is 4. The van der Waals surface area contributed by atoms with Gasteiger partial charge in [0, 0.05) is 6.54 Å². The molecule has 0 spiro atoms. The topological polar surface area (TPSA) is 95.6 Å². The molecule has 0 bridgehead atoms. The summed E-state index contributed by atoms with van der Waals surface area (Å²) in [5.74, 6) is -0.893. The molecule has 0 radical (unpaired) electrons. The van der Waals surface area contributed by atoms with Crippen LogP contribution < -0.4 is 11.1 Å². The maximum Gasteiger partial charge on any atom is 0.320 e. The third-order valence-corrected chi connectivity index (χ3v) is 2.46. The van der Waals surface area contributed by atoms with Gasteiger partial charge in [0.2, 0.25) is 0 Å². The Labute approximate surface area is 89.1 Å². The number of aliphatic carboxylic acids is 1. The first kappa shape index (κ1) is 13.6. The number of rotatable bonds is 4. The van der Waals surface area contributed by atoms with Crippen LogP contribution in [0.3, 0.4) is 0 Å². The summed E-state index contributed by atoms with van der Waals surface area (Å²) in [4.78, 5) is 10.4. The Bertz CT molecular complexity index is 185. The first-order valence-electron chi connectivity index (χ1n) is 4.48. The zero-order valence-electron chi connectivity index (χ0n) is 7.85. The lowest BCUT2D eigenvalue weighted by Crippen LogP contribution is -2.37. The number of nitrogens with two attached hydrogens (primary N) is 1. The first-order valence-corrected chi connectivity index (χ1v) is 4.48. The largest absolute Gasteiger partial charge is 0.480 e. The third-order valence-electron chi connectivity index (χ3n) is 2.46. The second-order valence-corrected chi connectivity index (χ2v) is 3.50. The summed E-state index contributed by atoms with van der Waals surface area (Å²) >= 11 is 0. The van der Waals surface area contributed by atoms with Gasteiger partial charge in [-0.25, -0.2) is 0 Å². The summed E-state index contributed by atoms with van der Waals surface area (Å²) in [5.41, 5.74) is 5.31. The molecule has 1 heterocycles. The van der Waals surface area contributed by atoms with E-state index < -0.39 is 18.1 Å². The predicted octanol–water partition coefficient (Wildman–Crippen LogP) is -0.819. The Kier molecular flexibility index (Phi) is 6.03. The van der Waals surface area contributed by atoms with Gasteiger partial charge in [-0.2, -0.15) is 0 Å². The average Bonchev–Trinajstić information content (AvgIpc) is 2.55. The van der Waals surface area contributed by atoms with Crippen molar-refractivity contribution < 1.29 is 15.0 Å². The second kappa shape index (κ2) is 6.19. The Morgan fingerprint density at radius 3 is 2.71 bits per heavy atom. The lowest BCUT2D eigenvalue weighted by Gasteiger charge is -2.18. The fraction of sp³-hybridized carbons (Fsp3) is 0.875. The van der Waals surface area contributed by atoms with Crippen LogP contribution in [0.2, 0.25) is 0 Å². The van der Waals surface area contributed by atoms with Gasteiger partial charge >= 0.3 is 5.97 Å². The van der Waals surface area contributed by atoms with E-state index in [9.17, 15) is 9.90 Å². The number of aliphatic hydroxyl groups is 1. The van der Waals surface area contributed by atoms with Gasteiger partial charge in [-0.05, 0) is 25.3 Å². The van der Waals surface area contributed by atoms with Gasteiger partial charge in [0.15, 0.2) is 0 Å². The molecule has 0 amide bonds. The lowest BCUT2D eigenvalue weighted by atomic mass is 9.96. The van der Waals surface area contributed by atoms with Gasteiger partial charge in [0.25, 0.3) is 0 Å². The van der Waals surface area contributed by atoms with Crippen molar-refractivity contribution in [2.24, 2.45) is 11.7 Å². The molecule has 0 aromatic rings. The van der Waals surface area contributed by atoms with Gasteiger partial charge in [0.05, 0.1) is 6.10 Å². The molecule has 1 aliphatic rings. The van der Waals surface area contributed by atoms with Crippen LogP contribution in [0.5, 0.6) is 0 Å². The fourth-order valence-corrected chi connectivity index (χ4v) is 1.56. The van der Waals surface area contributed by atoms with Crippen molar-refractivity contribution >= 4 is 18.4 Å². The number of carboxylic acids is 1. The normalized spacial score (nSPS) is 25.1. The van der Waals surface area contributed by atoms with E-state index in [1.807, 2.05) is 0 Å². The van der Waals surface area contributed by atoms with E-state index in [0.717, 1.165) is 19.5 Å². The smallest absolute Gasteiger partial charge is 0.320 e. The lowest BCUT2D eigenvalue weighted by molar-refractivity contribution is -0.139. The molecule has 14 heavy (non-hydrogen) atoms. The zero-order valence-corrected chi connectivity index (χ0v) is 8.67. The van der Waals surface area contributed by atoms with Crippen molar-refractivity contribution in [3.8, 4) is 0 Å². The van der Waals surface area contributed by atoms with E-state index in [1.54, 1.807) is 0 Å². The zero-order chi connectivity index (χ0) is 9.84. The summed E-state index contributed by atoms with van der Waals surface area (Å²) in [6.45, 7) is 1.65. The van der Waals surface area contributed by atoms with Crippen LogP contribution in [0, 0.1) is 5.92 Å². The quantitative estimate of drug-likeness (QED) is 0.501. The summed E-state index contributed by atoms with van der Waals surface area (Å²) in [6.07, 6.45) is 0.441. The van der Waals surface area contributed by atoms with Crippen molar-refractivity contribution in [1.82, 2.24) is 5.32 Å². The molecule has 0 aromatic heterocycles. The van der Waals surface area contributed by atoms with Crippen LogP contribution in [-0.2, 0) is 4.79 Å². The summed E-state index contributed by atoms with van der Waals surface area (Å²) < 4.78 is 0. The van der Waals surface area contributed by atoms with Crippen molar-refractivity contribution in [3.63, 3.8) is 0 Å². The number of carboxylic acid groups (broad SMARTS) is 1. The molecule has 5 N–H and O–H groups in total. The van der Waals surface area contributed by atoms with Gasteiger partial charge < -0.3 is 21.3 Å². The molecule has 0 saturated carbocycles. The molecule has 3 atom stereocenters. The van der Waals surface area contributed by atoms with Gasteiger partial charge in [-0.3, -0.25) is 4.79 Å². The monoisotopic (exact) mass is 224 g/mol. The highest BCUT2D eigenvalue weighted by atomic mass is 35.5. The molecule has 1 rings (SSSR count). The minimum Gasteiger partial charge on any atom is -0.480 e. The van der Waals surface area contributed by atoms with E-state index in [0.29, 0.717) is 0 Å². The number of nitrogens with one attached hydrogen (secondary N) is 1. The Morgan fingerprint density at radius 2 is 2.29 bits per heavy atom. The van der Waals surface area contributed by atoms with Crippen LogP contribution in [-0.4, -0.2) is 41.4 Å². The minimum atomic E-state index is -1.05. The van der Waals surface area contributed by atoms with E-state index >= 15 is 0 Å². The van der Waals surface area contributed by atoms with Crippen molar-refractivity contribution in [2.75, 3.05) is 13.1 Å². The molecule has 1 saturated heterocycles. The summed E-state index contributed by atoms with van der Waals surface area (Å²) in [5, 5.41) is 21.2. The highest BCUT2D eigenvalue weighted by Gasteiger charge is 2.26. The van der Waals surface area contributed by atoms with Crippen LogP contribution >= 0.6 is 12.4 Å². The number of carbonyl (C=O) groups is 1. The number of aliphatic hydroxyl groups excluding tert-OH is 1. The molecule has 5 nitrogen and oxygen atoms in total. The van der Waals surface area contributed by atoms with E-state index in [4.69, 9.17) is 10.8 Å². The molecule has 1 fully saturated rings. The Balaban J connectivity index is 0.00000169. The van der Waals surface area contributed by atoms with Gasteiger partial charge in [0.1, 0.15) is 6.04 Å². The van der Waals surface area contributed by atoms with Gasteiger partial charge in [-0.1, -0.05) is 0 Å². The molecule has 84 valence electrons. The minimum absolute atomic E-state index is 0. The maximum absolute atomic E-state index is 10.4. The molecule has 0 aromatic carbocycles.